The lowest BCUT2D eigenvalue weighted by molar-refractivity contribution is -0.384. The van der Waals surface area contributed by atoms with Crippen molar-refractivity contribution in [3.8, 4) is 0 Å². The predicted molar refractivity (Wildman–Crippen MR) is 89.7 cm³/mol. The number of ketones is 1. The molecule has 1 N–H and O–H groups in total. The van der Waals surface area contributed by atoms with Gasteiger partial charge >= 0.3 is 0 Å². The fourth-order valence-electron chi connectivity index (χ4n) is 3.02. The van der Waals surface area contributed by atoms with Gasteiger partial charge in [0, 0.05) is 28.8 Å². The van der Waals surface area contributed by atoms with Crippen LogP contribution in [0.3, 0.4) is 0 Å². The zero-order valence-corrected chi connectivity index (χ0v) is 13.0. The van der Waals surface area contributed by atoms with E-state index >= 15 is 0 Å². The molecule has 0 bridgehead atoms. The van der Waals surface area contributed by atoms with Crippen molar-refractivity contribution < 1.29 is 14.5 Å². The van der Waals surface area contributed by atoms with Gasteiger partial charge in [-0.1, -0.05) is 48.2 Å². The van der Waals surface area contributed by atoms with E-state index in [4.69, 9.17) is 0 Å². The van der Waals surface area contributed by atoms with Crippen molar-refractivity contribution in [3.05, 3.63) is 80.9 Å². The molecule has 2 aliphatic rings. The van der Waals surface area contributed by atoms with Gasteiger partial charge in [0.15, 0.2) is 5.78 Å². The van der Waals surface area contributed by atoms with Gasteiger partial charge in [-0.3, -0.25) is 19.7 Å². The lowest BCUT2D eigenvalue weighted by Gasteiger charge is -2.23. The van der Waals surface area contributed by atoms with Gasteiger partial charge in [0.2, 0.25) is 0 Å². The Hall–Kier alpha value is -2.93. The fourth-order valence-corrected chi connectivity index (χ4v) is 4.02. The molecule has 0 saturated heterocycles. The number of carbonyl (C=O) groups is 2. The van der Waals surface area contributed by atoms with E-state index in [1.165, 1.54) is 12.1 Å². The Morgan fingerprint density at radius 1 is 1.04 bits per heavy atom. The largest absolute Gasteiger partial charge is 0.316 e. The van der Waals surface area contributed by atoms with E-state index in [1.807, 2.05) is 0 Å². The minimum atomic E-state index is -0.562. The molecule has 0 saturated carbocycles. The molecule has 7 heteroatoms. The lowest BCUT2D eigenvalue weighted by atomic mass is 10.0. The molecule has 4 rings (SSSR count). The minimum Gasteiger partial charge on any atom is -0.316 e. The number of Topliss-reactive ketones (excluding diaryl/α,β-unsaturated/α-hetero) is 1. The molecular formula is C17H10N2O4S. The van der Waals surface area contributed by atoms with E-state index in [2.05, 4.69) is 5.32 Å². The Labute approximate surface area is 140 Å². The van der Waals surface area contributed by atoms with Crippen LogP contribution in [0.5, 0.6) is 0 Å². The Bertz CT molecular complexity index is 951. The van der Waals surface area contributed by atoms with Crippen molar-refractivity contribution in [1.82, 2.24) is 5.32 Å². The summed E-state index contributed by atoms with van der Waals surface area (Å²) in [5, 5.41) is 12.9. The third kappa shape index (κ3) is 2.13. The molecule has 1 amide bonds. The molecule has 0 spiro atoms. The van der Waals surface area contributed by atoms with Crippen LogP contribution in [-0.2, 0) is 0 Å². The van der Waals surface area contributed by atoms with Crippen LogP contribution in [0.15, 0.2) is 54.1 Å². The summed E-state index contributed by atoms with van der Waals surface area (Å²) in [6.07, 6.45) is 0. The molecule has 0 fully saturated rings. The number of fused-ring (bicyclic) bond motifs is 2. The monoisotopic (exact) mass is 338 g/mol. The van der Waals surface area contributed by atoms with Gasteiger partial charge < -0.3 is 5.32 Å². The summed E-state index contributed by atoms with van der Waals surface area (Å²) in [6, 6.07) is 13.1. The number of nitrogens with one attached hydrogen (secondary N) is 1. The molecule has 118 valence electrons. The molecule has 0 unspecified atom stereocenters. The van der Waals surface area contributed by atoms with Crippen LogP contribution < -0.4 is 5.32 Å². The maximum absolute atomic E-state index is 12.8. The highest BCUT2D eigenvalue weighted by Gasteiger charge is 2.40. The number of benzene rings is 2. The molecule has 0 aromatic heterocycles. The molecule has 24 heavy (non-hydrogen) atoms. The summed E-state index contributed by atoms with van der Waals surface area (Å²) in [4.78, 5) is 35.4. The van der Waals surface area contributed by atoms with Crippen LogP contribution >= 0.6 is 11.8 Å². The summed E-state index contributed by atoms with van der Waals surface area (Å²) in [7, 11) is 0. The molecule has 1 aliphatic carbocycles. The summed E-state index contributed by atoms with van der Waals surface area (Å²) in [5.41, 5.74) is 2.72. The zero-order chi connectivity index (χ0) is 16.8. The summed E-state index contributed by atoms with van der Waals surface area (Å²) >= 11 is 0.959. The van der Waals surface area contributed by atoms with Gasteiger partial charge in [-0.05, 0) is 5.56 Å². The first kappa shape index (κ1) is 14.6. The van der Waals surface area contributed by atoms with E-state index in [9.17, 15) is 19.7 Å². The maximum atomic E-state index is 12.8. The van der Waals surface area contributed by atoms with Gasteiger partial charge in [0.25, 0.3) is 10.9 Å². The first-order valence-corrected chi connectivity index (χ1v) is 8.04. The summed E-state index contributed by atoms with van der Waals surface area (Å²) in [5.74, 6) is -0.149. The molecule has 0 radical (unpaired) electrons. The highest BCUT2D eigenvalue weighted by atomic mass is 32.2. The van der Waals surface area contributed by atoms with Crippen molar-refractivity contribution in [2.24, 2.45) is 0 Å². The number of nitro groups is 1. The molecule has 1 aliphatic heterocycles. The minimum absolute atomic E-state index is 0.0656. The number of hydrogen-bond donors (Lipinski definition) is 1. The van der Waals surface area contributed by atoms with Crippen LogP contribution in [0, 0.1) is 10.1 Å². The zero-order valence-electron chi connectivity index (χ0n) is 12.2. The topological polar surface area (TPSA) is 89.3 Å². The normalized spacial score (nSPS) is 18.9. The van der Waals surface area contributed by atoms with Gasteiger partial charge in [0.1, 0.15) is 0 Å². The number of nitro benzene ring substituents is 1. The maximum Gasteiger partial charge on any atom is 0.284 e. The first-order chi connectivity index (χ1) is 11.6. The number of thioether (sulfide) groups is 1. The number of hydrogen-bond acceptors (Lipinski definition) is 5. The second-order valence-electron chi connectivity index (χ2n) is 5.43. The average Bonchev–Trinajstić information content (AvgIpc) is 2.87. The number of amides is 1. The quantitative estimate of drug-likeness (QED) is 0.666. The van der Waals surface area contributed by atoms with Gasteiger partial charge in [-0.15, -0.1) is 0 Å². The highest BCUT2D eigenvalue weighted by Crippen LogP contribution is 2.48. The number of rotatable bonds is 2. The van der Waals surface area contributed by atoms with Gasteiger partial charge in [0.05, 0.1) is 15.9 Å². The average molecular weight is 338 g/mol. The number of carbonyl (C=O) groups excluding carboxylic acids is 2. The van der Waals surface area contributed by atoms with Gasteiger partial charge in [-0.25, -0.2) is 0 Å². The SMILES string of the molecule is O=C1NC2=C(C(=O)c3ccccc32)[C@H](c2cccc([N+](=O)[O-])c2)S1. The second kappa shape index (κ2) is 5.31. The van der Waals surface area contributed by atoms with Crippen molar-refractivity contribution in [2.75, 3.05) is 0 Å². The molecule has 1 heterocycles. The van der Waals surface area contributed by atoms with Crippen LogP contribution in [0.2, 0.25) is 0 Å². The molecule has 6 nitrogen and oxygen atoms in total. The molecular weight excluding hydrogens is 328 g/mol. The number of non-ortho nitro benzene ring substituents is 1. The Balaban J connectivity index is 1.87. The van der Waals surface area contributed by atoms with Gasteiger partial charge in [-0.2, -0.15) is 0 Å². The smallest absolute Gasteiger partial charge is 0.284 e. The predicted octanol–water partition coefficient (Wildman–Crippen LogP) is 3.70. The van der Waals surface area contributed by atoms with Crippen LogP contribution in [-0.4, -0.2) is 15.9 Å². The van der Waals surface area contributed by atoms with E-state index in [0.29, 0.717) is 28.0 Å². The first-order valence-electron chi connectivity index (χ1n) is 7.16. The Morgan fingerprint density at radius 2 is 1.79 bits per heavy atom. The third-order valence-corrected chi connectivity index (χ3v) is 5.11. The van der Waals surface area contributed by atoms with Crippen LogP contribution in [0.1, 0.15) is 26.7 Å². The van der Waals surface area contributed by atoms with E-state index in [1.54, 1.807) is 36.4 Å². The van der Waals surface area contributed by atoms with Crippen molar-refractivity contribution in [1.29, 1.82) is 0 Å². The Kier molecular flexibility index (Phi) is 3.24. The second-order valence-corrected chi connectivity index (χ2v) is 6.50. The van der Waals surface area contributed by atoms with Crippen molar-refractivity contribution in [3.63, 3.8) is 0 Å². The molecule has 1 atom stereocenters. The molecule has 2 aromatic rings. The van der Waals surface area contributed by atoms with Crippen LogP contribution in [0.25, 0.3) is 5.70 Å². The fraction of sp³-hybridized carbons (Fsp3) is 0.0588. The van der Waals surface area contributed by atoms with E-state index < -0.39 is 10.2 Å². The summed E-state index contributed by atoms with van der Waals surface area (Å²) in [6.45, 7) is 0. The van der Waals surface area contributed by atoms with E-state index in [-0.39, 0.29) is 16.7 Å². The lowest BCUT2D eigenvalue weighted by Crippen LogP contribution is -2.25. The summed E-state index contributed by atoms with van der Waals surface area (Å²) < 4.78 is 0. The third-order valence-electron chi connectivity index (χ3n) is 4.05. The highest BCUT2D eigenvalue weighted by molar-refractivity contribution is 8.14. The van der Waals surface area contributed by atoms with Crippen LogP contribution in [0.4, 0.5) is 10.5 Å². The molecule has 2 aromatic carbocycles. The number of nitrogens with zero attached hydrogens (tertiary/aromatic N) is 1. The Morgan fingerprint density at radius 3 is 2.54 bits per heavy atom. The van der Waals surface area contributed by atoms with Crippen molar-refractivity contribution in [2.45, 2.75) is 5.25 Å². The van der Waals surface area contributed by atoms with E-state index in [0.717, 1.165) is 11.8 Å². The standard InChI is InChI=1S/C17H10N2O4S/c20-15-12-7-2-1-6-11(12)14-13(15)16(24-17(21)18-14)9-4-3-5-10(8-9)19(22)23/h1-8,16H,(H,18,21)/t16-/m0/s1. The van der Waals surface area contributed by atoms with Crippen molar-refractivity contribution >= 4 is 34.2 Å².